The molecule has 1 heterocycles. The number of nitrogens with two attached hydrogens (primary N) is 1. The zero-order valence-electron chi connectivity index (χ0n) is 9.52. The Morgan fingerprint density at radius 1 is 1.25 bits per heavy atom. The Bertz CT molecular complexity index is 294. The van der Waals surface area contributed by atoms with E-state index in [1.807, 2.05) is 0 Å². The quantitative estimate of drug-likeness (QED) is 0.672. The highest BCUT2D eigenvalue weighted by molar-refractivity contribution is 5.39. The van der Waals surface area contributed by atoms with E-state index in [0.29, 0.717) is 38.0 Å². The third kappa shape index (κ3) is 5.53. The summed E-state index contributed by atoms with van der Waals surface area (Å²) in [6, 6.07) is 3.42. The van der Waals surface area contributed by atoms with Gasteiger partial charge in [-0.05, 0) is 6.07 Å². The molecular weight excluding hydrogens is 208 g/mol. The van der Waals surface area contributed by atoms with Gasteiger partial charge in [0, 0.05) is 38.1 Å². The molecule has 0 aliphatic rings. The maximum Gasteiger partial charge on any atom is 0.215 e. The van der Waals surface area contributed by atoms with Crippen LogP contribution < -0.4 is 10.5 Å². The minimum Gasteiger partial charge on any atom is -0.478 e. The number of pyridine rings is 1. The molecule has 5 nitrogen and oxygen atoms in total. The molecule has 0 aromatic carbocycles. The highest BCUT2D eigenvalue weighted by atomic mass is 16.5. The minimum atomic E-state index is 0.553. The molecule has 0 unspecified atom stereocenters. The number of aromatic nitrogens is 1. The van der Waals surface area contributed by atoms with Crippen LogP contribution in [-0.2, 0) is 9.47 Å². The molecule has 0 bridgehead atoms. The van der Waals surface area contributed by atoms with Gasteiger partial charge in [0.15, 0.2) is 0 Å². The van der Waals surface area contributed by atoms with Gasteiger partial charge in [0.2, 0.25) is 5.88 Å². The normalized spacial score (nSPS) is 10.3. The fourth-order valence-electron chi connectivity index (χ4n) is 1.09. The second-order valence-corrected chi connectivity index (χ2v) is 3.23. The average Bonchev–Trinajstić information content (AvgIpc) is 2.28. The first kappa shape index (κ1) is 12.7. The molecule has 1 aromatic rings. The van der Waals surface area contributed by atoms with Crippen molar-refractivity contribution in [2.24, 2.45) is 0 Å². The standard InChI is InChI=1S/C11H18N2O3/c1-14-7-8-15-5-2-6-16-11-9-10(12)3-4-13-11/h3-4,9H,2,5-8H2,1H3,(H2,12,13). The SMILES string of the molecule is COCCOCCCOc1cc(N)ccn1. The summed E-state index contributed by atoms with van der Waals surface area (Å²) < 4.78 is 15.5. The topological polar surface area (TPSA) is 66.6 Å². The van der Waals surface area contributed by atoms with Gasteiger partial charge in [-0.1, -0.05) is 0 Å². The molecule has 1 aromatic heterocycles. The van der Waals surface area contributed by atoms with E-state index in [1.165, 1.54) is 0 Å². The maximum atomic E-state index is 5.59. The molecular formula is C11H18N2O3. The molecule has 0 fully saturated rings. The fraction of sp³-hybridized carbons (Fsp3) is 0.545. The Balaban J connectivity index is 2.03. The summed E-state index contributed by atoms with van der Waals surface area (Å²) in [5, 5.41) is 0. The molecule has 0 saturated carbocycles. The van der Waals surface area contributed by atoms with Gasteiger partial charge >= 0.3 is 0 Å². The lowest BCUT2D eigenvalue weighted by Gasteiger charge is -2.06. The van der Waals surface area contributed by atoms with Crippen LogP contribution in [0.5, 0.6) is 5.88 Å². The van der Waals surface area contributed by atoms with E-state index in [9.17, 15) is 0 Å². The van der Waals surface area contributed by atoms with Crippen LogP contribution in [0.3, 0.4) is 0 Å². The monoisotopic (exact) mass is 226 g/mol. The first-order chi connectivity index (χ1) is 7.83. The van der Waals surface area contributed by atoms with Crippen molar-refractivity contribution in [1.82, 2.24) is 4.98 Å². The van der Waals surface area contributed by atoms with Crippen molar-refractivity contribution in [3.8, 4) is 5.88 Å². The van der Waals surface area contributed by atoms with Gasteiger partial charge in [-0.15, -0.1) is 0 Å². The molecule has 5 heteroatoms. The highest BCUT2D eigenvalue weighted by Gasteiger charge is 1.95. The number of hydrogen-bond donors (Lipinski definition) is 1. The van der Waals surface area contributed by atoms with Crippen molar-refractivity contribution in [2.75, 3.05) is 39.3 Å². The number of hydrogen-bond acceptors (Lipinski definition) is 5. The summed E-state index contributed by atoms with van der Waals surface area (Å²) in [7, 11) is 1.65. The number of ether oxygens (including phenoxy) is 3. The van der Waals surface area contributed by atoms with E-state index in [0.717, 1.165) is 6.42 Å². The number of nitrogen functional groups attached to an aromatic ring is 1. The lowest BCUT2D eigenvalue weighted by molar-refractivity contribution is 0.0642. The molecule has 0 aliphatic carbocycles. The first-order valence-corrected chi connectivity index (χ1v) is 5.24. The third-order valence-corrected chi connectivity index (χ3v) is 1.87. The number of anilines is 1. The van der Waals surface area contributed by atoms with E-state index < -0.39 is 0 Å². The minimum absolute atomic E-state index is 0.553. The number of methoxy groups -OCH3 is 1. The summed E-state index contributed by atoms with van der Waals surface area (Å²) >= 11 is 0. The predicted molar refractivity (Wildman–Crippen MR) is 61.5 cm³/mol. The highest BCUT2D eigenvalue weighted by Crippen LogP contribution is 2.10. The van der Waals surface area contributed by atoms with Crippen LogP contribution in [0.2, 0.25) is 0 Å². The molecule has 16 heavy (non-hydrogen) atoms. The number of rotatable bonds is 8. The summed E-state index contributed by atoms with van der Waals surface area (Å²) in [6.45, 7) is 2.47. The largest absolute Gasteiger partial charge is 0.478 e. The van der Waals surface area contributed by atoms with Gasteiger partial charge < -0.3 is 19.9 Å². The molecule has 0 spiro atoms. The second kappa shape index (κ2) is 7.90. The third-order valence-electron chi connectivity index (χ3n) is 1.87. The van der Waals surface area contributed by atoms with Gasteiger partial charge in [-0.25, -0.2) is 4.98 Å². The van der Waals surface area contributed by atoms with Crippen molar-refractivity contribution < 1.29 is 14.2 Å². The van der Waals surface area contributed by atoms with Crippen LogP contribution in [-0.4, -0.2) is 38.5 Å². The van der Waals surface area contributed by atoms with Crippen LogP contribution in [0.25, 0.3) is 0 Å². The Hall–Kier alpha value is -1.33. The molecule has 90 valence electrons. The maximum absolute atomic E-state index is 5.59. The van der Waals surface area contributed by atoms with Crippen LogP contribution in [0.15, 0.2) is 18.3 Å². The lowest BCUT2D eigenvalue weighted by atomic mass is 10.4. The first-order valence-electron chi connectivity index (χ1n) is 5.24. The van der Waals surface area contributed by atoms with E-state index in [2.05, 4.69) is 4.98 Å². The van der Waals surface area contributed by atoms with E-state index in [-0.39, 0.29) is 0 Å². The van der Waals surface area contributed by atoms with Gasteiger partial charge in [-0.2, -0.15) is 0 Å². The van der Waals surface area contributed by atoms with Crippen molar-refractivity contribution in [3.63, 3.8) is 0 Å². The summed E-state index contributed by atoms with van der Waals surface area (Å²) in [6.07, 6.45) is 2.44. The fourth-order valence-corrected chi connectivity index (χ4v) is 1.09. The van der Waals surface area contributed by atoms with Gasteiger partial charge in [-0.3, -0.25) is 0 Å². The van der Waals surface area contributed by atoms with Gasteiger partial charge in [0.25, 0.3) is 0 Å². The molecule has 0 saturated heterocycles. The van der Waals surface area contributed by atoms with Crippen LogP contribution in [0, 0.1) is 0 Å². The van der Waals surface area contributed by atoms with Gasteiger partial charge in [0.1, 0.15) is 0 Å². The molecule has 0 atom stereocenters. The van der Waals surface area contributed by atoms with Crippen LogP contribution >= 0.6 is 0 Å². The van der Waals surface area contributed by atoms with Crippen LogP contribution in [0.1, 0.15) is 6.42 Å². The van der Waals surface area contributed by atoms with E-state index >= 15 is 0 Å². The smallest absolute Gasteiger partial charge is 0.215 e. The van der Waals surface area contributed by atoms with Gasteiger partial charge in [0.05, 0.1) is 19.8 Å². The molecule has 1 rings (SSSR count). The molecule has 0 radical (unpaired) electrons. The molecule has 0 amide bonds. The van der Waals surface area contributed by atoms with E-state index in [1.54, 1.807) is 25.4 Å². The average molecular weight is 226 g/mol. The summed E-state index contributed by atoms with van der Waals surface area (Å²) in [5.41, 5.74) is 6.24. The molecule has 2 N–H and O–H groups in total. The lowest BCUT2D eigenvalue weighted by Crippen LogP contribution is -2.07. The number of nitrogens with zero attached hydrogens (tertiary/aromatic N) is 1. The van der Waals surface area contributed by atoms with Crippen molar-refractivity contribution >= 4 is 5.69 Å². The summed E-state index contributed by atoms with van der Waals surface area (Å²) in [5.74, 6) is 0.553. The van der Waals surface area contributed by atoms with E-state index in [4.69, 9.17) is 19.9 Å². The Morgan fingerprint density at radius 3 is 2.88 bits per heavy atom. The van der Waals surface area contributed by atoms with Crippen LogP contribution in [0.4, 0.5) is 5.69 Å². The second-order valence-electron chi connectivity index (χ2n) is 3.23. The Morgan fingerprint density at radius 2 is 2.12 bits per heavy atom. The molecule has 0 aliphatic heterocycles. The Labute approximate surface area is 95.5 Å². The van der Waals surface area contributed by atoms with Crippen molar-refractivity contribution in [2.45, 2.75) is 6.42 Å². The predicted octanol–water partition coefficient (Wildman–Crippen LogP) is 1.10. The Kier molecular flexibility index (Phi) is 6.29. The zero-order valence-corrected chi connectivity index (χ0v) is 9.52. The van der Waals surface area contributed by atoms with Crippen molar-refractivity contribution in [1.29, 1.82) is 0 Å². The van der Waals surface area contributed by atoms with Crippen molar-refractivity contribution in [3.05, 3.63) is 18.3 Å². The summed E-state index contributed by atoms with van der Waals surface area (Å²) in [4.78, 5) is 4.02. The zero-order chi connectivity index (χ0) is 11.6.